The van der Waals surface area contributed by atoms with E-state index in [1.54, 1.807) is 12.1 Å². The molecule has 0 bridgehead atoms. The van der Waals surface area contributed by atoms with Crippen LogP contribution in [0.3, 0.4) is 0 Å². The molecule has 1 aromatic heterocycles. The van der Waals surface area contributed by atoms with Crippen molar-refractivity contribution in [3.05, 3.63) is 35.9 Å². The third kappa shape index (κ3) is 1.82. The maximum absolute atomic E-state index is 12.9. The number of nitrogens with one attached hydrogen (secondary N) is 1. The zero-order valence-corrected chi connectivity index (χ0v) is 9.52. The van der Waals surface area contributed by atoms with Gasteiger partial charge in [0.15, 0.2) is 5.82 Å². The average molecular weight is 232 g/mol. The maximum Gasteiger partial charge on any atom is 0.164 e. The second kappa shape index (κ2) is 3.92. The van der Waals surface area contributed by atoms with Gasteiger partial charge in [-0.1, -0.05) is 0 Å². The number of rotatable bonds is 1. The van der Waals surface area contributed by atoms with E-state index in [0.717, 1.165) is 30.3 Å². The Kier molecular flexibility index (Phi) is 2.40. The molecule has 4 nitrogen and oxygen atoms in total. The first-order valence-electron chi connectivity index (χ1n) is 5.65. The quantitative estimate of drug-likeness (QED) is 0.811. The van der Waals surface area contributed by atoms with Crippen molar-refractivity contribution >= 4 is 0 Å². The van der Waals surface area contributed by atoms with Gasteiger partial charge in [-0.05, 0) is 31.2 Å². The van der Waals surface area contributed by atoms with Crippen LogP contribution in [0.4, 0.5) is 4.39 Å². The van der Waals surface area contributed by atoms with Crippen molar-refractivity contribution in [1.29, 1.82) is 0 Å². The molecule has 17 heavy (non-hydrogen) atoms. The van der Waals surface area contributed by atoms with Crippen molar-refractivity contribution in [2.75, 3.05) is 0 Å². The van der Waals surface area contributed by atoms with Crippen LogP contribution < -0.4 is 5.32 Å². The third-order valence-electron chi connectivity index (χ3n) is 2.99. The molecule has 2 aromatic rings. The van der Waals surface area contributed by atoms with Gasteiger partial charge in [0.25, 0.3) is 0 Å². The van der Waals surface area contributed by atoms with Crippen LogP contribution in [0, 0.1) is 5.82 Å². The Morgan fingerprint density at radius 1 is 1.29 bits per heavy atom. The standard InChI is InChI=1S/C12H13FN4/c1-8-7-17-11(6-14-8)15-16-12(17)9-2-4-10(13)5-3-9/h2-5,8,14H,6-7H2,1H3. The Morgan fingerprint density at radius 2 is 2.06 bits per heavy atom. The molecular formula is C12H13FN4. The first-order valence-corrected chi connectivity index (χ1v) is 5.65. The molecule has 5 heteroatoms. The number of fused-ring (bicyclic) bond motifs is 1. The van der Waals surface area contributed by atoms with E-state index in [1.165, 1.54) is 12.1 Å². The highest BCUT2D eigenvalue weighted by molar-refractivity contribution is 5.55. The zero-order chi connectivity index (χ0) is 11.8. The SMILES string of the molecule is CC1Cn2c(nnc2-c2ccc(F)cc2)CN1. The van der Waals surface area contributed by atoms with E-state index in [1.807, 2.05) is 0 Å². The van der Waals surface area contributed by atoms with Crippen molar-refractivity contribution in [2.45, 2.75) is 26.1 Å². The zero-order valence-electron chi connectivity index (χ0n) is 9.52. The van der Waals surface area contributed by atoms with Crippen LogP contribution in [-0.2, 0) is 13.1 Å². The molecule has 0 fully saturated rings. The Hall–Kier alpha value is -1.75. The highest BCUT2D eigenvalue weighted by atomic mass is 19.1. The molecule has 0 saturated heterocycles. The predicted octanol–water partition coefficient (Wildman–Crippen LogP) is 1.58. The summed E-state index contributed by atoms with van der Waals surface area (Å²) in [7, 11) is 0. The van der Waals surface area contributed by atoms with Gasteiger partial charge < -0.3 is 9.88 Å². The predicted molar refractivity (Wildman–Crippen MR) is 61.7 cm³/mol. The van der Waals surface area contributed by atoms with Gasteiger partial charge in [0.05, 0.1) is 6.54 Å². The smallest absolute Gasteiger partial charge is 0.164 e. The van der Waals surface area contributed by atoms with Gasteiger partial charge in [-0.3, -0.25) is 0 Å². The lowest BCUT2D eigenvalue weighted by Gasteiger charge is -2.22. The van der Waals surface area contributed by atoms with Crippen LogP contribution in [0.2, 0.25) is 0 Å². The van der Waals surface area contributed by atoms with Crippen LogP contribution in [0.1, 0.15) is 12.7 Å². The molecule has 0 spiro atoms. The Morgan fingerprint density at radius 3 is 2.82 bits per heavy atom. The largest absolute Gasteiger partial charge is 0.308 e. The fourth-order valence-corrected chi connectivity index (χ4v) is 2.07. The van der Waals surface area contributed by atoms with Gasteiger partial charge in [-0.2, -0.15) is 0 Å². The summed E-state index contributed by atoms with van der Waals surface area (Å²) >= 11 is 0. The summed E-state index contributed by atoms with van der Waals surface area (Å²) < 4.78 is 15.0. The second-order valence-electron chi connectivity index (χ2n) is 4.34. The minimum Gasteiger partial charge on any atom is -0.308 e. The van der Waals surface area contributed by atoms with E-state index >= 15 is 0 Å². The highest BCUT2D eigenvalue weighted by Gasteiger charge is 2.20. The summed E-state index contributed by atoms with van der Waals surface area (Å²) in [4.78, 5) is 0. The molecule has 1 aromatic carbocycles. The average Bonchev–Trinajstić information content (AvgIpc) is 2.73. The van der Waals surface area contributed by atoms with E-state index in [0.29, 0.717) is 6.04 Å². The summed E-state index contributed by atoms with van der Waals surface area (Å²) in [6.45, 7) is 3.70. The van der Waals surface area contributed by atoms with Crippen molar-refractivity contribution in [3.63, 3.8) is 0 Å². The molecule has 2 heterocycles. The number of benzene rings is 1. The van der Waals surface area contributed by atoms with E-state index in [9.17, 15) is 4.39 Å². The Labute approximate surface area is 98.5 Å². The summed E-state index contributed by atoms with van der Waals surface area (Å²) in [6, 6.07) is 6.76. The van der Waals surface area contributed by atoms with E-state index in [4.69, 9.17) is 0 Å². The topological polar surface area (TPSA) is 42.7 Å². The number of halogens is 1. The maximum atomic E-state index is 12.9. The minimum absolute atomic E-state index is 0.234. The van der Waals surface area contributed by atoms with Crippen LogP contribution in [0.5, 0.6) is 0 Å². The minimum atomic E-state index is -0.234. The van der Waals surface area contributed by atoms with Crippen LogP contribution in [-0.4, -0.2) is 20.8 Å². The summed E-state index contributed by atoms with van der Waals surface area (Å²) in [6.07, 6.45) is 0. The molecule has 3 rings (SSSR count). The van der Waals surface area contributed by atoms with Gasteiger partial charge in [0.1, 0.15) is 11.6 Å². The lowest BCUT2D eigenvalue weighted by Crippen LogP contribution is -2.36. The molecule has 88 valence electrons. The highest BCUT2D eigenvalue weighted by Crippen LogP contribution is 2.20. The number of nitrogens with zero attached hydrogens (tertiary/aromatic N) is 3. The fraction of sp³-hybridized carbons (Fsp3) is 0.333. The van der Waals surface area contributed by atoms with Crippen molar-refractivity contribution in [3.8, 4) is 11.4 Å². The van der Waals surface area contributed by atoms with Crippen molar-refractivity contribution in [2.24, 2.45) is 0 Å². The molecule has 0 amide bonds. The first-order chi connectivity index (χ1) is 8.24. The number of hydrogen-bond acceptors (Lipinski definition) is 3. The van der Waals surface area contributed by atoms with Crippen LogP contribution in [0.25, 0.3) is 11.4 Å². The van der Waals surface area contributed by atoms with E-state index < -0.39 is 0 Å². The fourth-order valence-electron chi connectivity index (χ4n) is 2.07. The van der Waals surface area contributed by atoms with Gasteiger partial charge in [0.2, 0.25) is 0 Å². The molecule has 1 N–H and O–H groups in total. The third-order valence-corrected chi connectivity index (χ3v) is 2.99. The molecule has 1 aliphatic heterocycles. The van der Waals surface area contributed by atoms with Crippen molar-refractivity contribution in [1.82, 2.24) is 20.1 Å². The van der Waals surface area contributed by atoms with E-state index in [2.05, 4.69) is 27.0 Å². The number of aromatic nitrogens is 3. The van der Waals surface area contributed by atoms with Gasteiger partial charge in [-0.25, -0.2) is 4.39 Å². The first kappa shape index (κ1) is 10.4. The summed E-state index contributed by atoms with van der Waals surface area (Å²) in [5, 5.41) is 11.7. The summed E-state index contributed by atoms with van der Waals surface area (Å²) in [5.74, 6) is 1.51. The molecule has 1 aliphatic rings. The monoisotopic (exact) mass is 232 g/mol. The normalized spacial score (nSPS) is 19.1. The van der Waals surface area contributed by atoms with Gasteiger partial charge in [0, 0.05) is 18.2 Å². The van der Waals surface area contributed by atoms with E-state index in [-0.39, 0.29) is 5.82 Å². The second-order valence-corrected chi connectivity index (χ2v) is 4.34. The number of hydrogen-bond donors (Lipinski definition) is 1. The summed E-state index contributed by atoms with van der Waals surface area (Å²) in [5.41, 5.74) is 0.902. The molecule has 1 unspecified atom stereocenters. The van der Waals surface area contributed by atoms with Crippen LogP contribution in [0.15, 0.2) is 24.3 Å². The molecule has 0 radical (unpaired) electrons. The lowest BCUT2D eigenvalue weighted by atomic mass is 10.2. The molecule has 1 atom stereocenters. The Bertz CT molecular complexity index is 532. The van der Waals surface area contributed by atoms with Crippen molar-refractivity contribution < 1.29 is 4.39 Å². The molecule has 0 aliphatic carbocycles. The van der Waals surface area contributed by atoms with Gasteiger partial charge in [-0.15, -0.1) is 10.2 Å². The lowest BCUT2D eigenvalue weighted by molar-refractivity contribution is 0.412. The Balaban J connectivity index is 2.04. The van der Waals surface area contributed by atoms with Crippen LogP contribution >= 0.6 is 0 Å². The molecular weight excluding hydrogens is 219 g/mol. The van der Waals surface area contributed by atoms with Gasteiger partial charge >= 0.3 is 0 Å². The molecule has 0 saturated carbocycles.